The van der Waals surface area contributed by atoms with Gasteiger partial charge >= 0.3 is 0 Å². The SMILES string of the molecule is CC(C)c1ccc(Cl)cc1N1CC[C@H](CN)C1. The molecule has 1 aromatic rings. The van der Waals surface area contributed by atoms with Gasteiger partial charge in [-0.25, -0.2) is 0 Å². The number of nitrogens with two attached hydrogens (primary N) is 1. The van der Waals surface area contributed by atoms with Crippen LogP contribution < -0.4 is 10.6 Å². The average Bonchev–Trinajstić information content (AvgIpc) is 2.76. The van der Waals surface area contributed by atoms with Crippen molar-refractivity contribution in [3.63, 3.8) is 0 Å². The van der Waals surface area contributed by atoms with E-state index in [2.05, 4.69) is 30.9 Å². The Labute approximate surface area is 109 Å². The molecule has 1 aliphatic heterocycles. The highest BCUT2D eigenvalue weighted by Gasteiger charge is 2.23. The van der Waals surface area contributed by atoms with Gasteiger partial charge in [-0.05, 0) is 42.5 Å². The summed E-state index contributed by atoms with van der Waals surface area (Å²) in [6.45, 7) is 7.40. The van der Waals surface area contributed by atoms with Crippen molar-refractivity contribution >= 4 is 17.3 Å². The molecule has 3 heteroatoms. The van der Waals surface area contributed by atoms with Crippen LogP contribution in [-0.4, -0.2) is 19.6 Å². The van der Waals surface area contributed by atoms with E-state index in [9.17, 15) is 0 Å². The Balaban J connectivity index is 2.27. The smallest absolute Gasteiger partial charge is 0.0426 e. The van der Waals surface area contributed by atoms with Crippen LogP contribution in [0.3, 0.4) is 0 Å². The molecule has 0 spiro atoms. The Bertz CT molecular complexity index is 390. The lowest BCUT2D eigenvalue weighted by Crippen LogP contribution is -2.23. The topological polar surface area (TPSA) is 29.3 Å². The third kappa shape index (κ3) is 2.75. The van der Waals surface area contributed by atoms with E-state index in [1.165, 1.54) is 17.7 Å². The van der Waals surface area contributed by atoms with E-state index in [-0.39, 0.29) is 0 Å². The lowest BCUT2D eigenvalue weighted by atomic mass is 10.0. The number of rotatable bonds is 3. The van der Waals surface area contributed by atoms with Crippen LogP contribution in [0.25, 0.3) is 0 Å². The van der Waals surface area contributed by atoms with Crippen LogP contribution in [0.5, 0.6) is 0 Å². The van der Waals surface area contributed by atoms with Gasteiger partial charge in [0.05, 0.1) is 0 Å². The van der Waals surface area contributed by atoms with Crippen molar-refractivity contribution in [1.29, 1.82) is 0 Å². The van der Waals surface area contributed by atoms with E-state index in [4.69, 9.17) is 17.3 Å². The molecule has 2 rings (SSSR count). The highest BCUT2D eigenvalue weighted by atomic mass is 35.5. The molecule has 2 N–H and O–H groups in total. The van der Waals surface area contributed by atoms with Crippen LogP contribution in [0.1, 0.15) is 31.7 Å². The van der Waals surface area contributed by atoms with Crippen molar-refractivity contribution in [1.82, 2.24) is 0 Å². The molecule has 1 aromatic carbocycles. The Morgan fingerprint density at radius 1 is 1.47 bits per heavy atom. The third-order valence-electron chi connectivity index (χ3n) is 3.57. The quantitative estimate of drug-likeness (QED) is 0.895. The standard InChI is InChI=1S/C14H21ClN2/c1-10(2)13-4-3-12(15)7-14(13)17-6-5-11(8-16)9-17/h3-4,7,10-11H,5-6,8-9,16H2,1-2H3/t11-/m1/s1. The maximum absolute atomic E-state index is 6.12. The summed E-state index contributed by atoms with van der Waals surface area (Å²) in [6, 6.07) is 6.23. The van der Waals surface area contributed by atoms with Crippen LogP contribution in [0, 0.1) is 5.92 Å². The lowest BCUT2D eigenvalue weighted by Gasteiger charge is -2.24. The fourth-order valence-electron chi connectivity index (χ4n) is 2.52. The second-order valence-corrected chi connectivity index (χ2v) is 5.63. The first kappa shape index (κ1) is 12.7. The number of hydrogen-bond donors (Lipinski definition) is 1. The molecule has 1 saturated heterocycles. The molecule has 1 fully saturated rings. The van der Waals surface area contributed by atoms with Crippen molar-refractivity contribution in [2.45, 2.75) is 26.2 Å². The maximum Gasteiger partial charge on any atom is 0.0426 e. The van der Waals surface area contributed by atoms with Gasteiger partial charge in [0.15, 0.2) is 0 Å². The molecule has 94 valence electrons. The molecule has 2 nitrogen and oxygen atoms in total. The summed E-state index contributed by atoms with van der Waals surface area (Å²) in [5.74, 6) is 1.16. The minimum atomic E-state index is 0.527. The normalized spacial score (nSPS) is 20.3. The van der Waals surface area contributed by atoms with Gasteiger partial charge in [-0.1, -0.05) is 31.5 Å². The molecule has 0 radical (unpaired) electrons. The summed E-state index contributed by atoms with van der Waals surface area (Å²) in [5, 5.41) is 0.820. The Hall–Kier alpha value is -0.730. The molecule has 0 aromatic heterocycles. The summed E-state index contributed by atoms with van der Waals surface area (Å²) >= 11 is 6.12. The summed E-state index contributed by atoms with van der Waals surface area (Å²) in [7, 11) is 0. The van der Waals surface area contributed by atoms with E-state index in [1.54, 1.807) is 0 Å². The molecular weight excluding hydrogens is 232 g/mol. The molecule has 0 saturated carbocycles. The van der Waals surface area contributed by atoms with E-state index in [0.29, 0.717) is 11.8 Å². The minimum absolute atomic E-state index is 0.527. The van der Waals surface area contributed by atoms with Gasteiger partial charge in [-0.2, -0.15) is 0 Å². The van der Waals surface area contributed by atoms with Gasteiger partial charge in [0.1, 0.15) is 0 Å². The largest absolute Gasteiger partial charge is 0.371 e. The number of anilines is 1. The Morgan fingerprint density at radius 3 is 2.82 bits per heavy atom. The zero-order valence-electron chi connectivity index (χ0n) is 10.6. The van der Waals surface area contributed by atoms with Gasteiger partial charge < -0.3 is 10.6 Å². The van der Waals surface area contributed by atoms with E-state index in [1.807, 2.05) is 6.07 Å². The zero-order chi connectivity index (χ0) is 12.4. The van der Waals surface area contributed by atoms with Crippen LogP contribution in [0.4, 0.5) is 5.69 Å². The van der Waals surface area contributed by atoms with Crippen LogP contribution in [0.2, 0.25) is 5.02 Å². The monoisotopic (exact) mass is 252 g/mol. The highest BCUT2D eigenvalue weighted by Crippen LogP contribution is 2.33. The predicted octanol–water partition coefficient (Wildman–Crippen LogP) is 3.25. The Morgan fingerprint density at radius 2 is 2.24 bits per heavy atom. The van der Waals surface area contributed by atoms with Crippen LogP contribution >= 0.6 is 11.6 Å². The number of hydrogen-bond acceptors (Lipinski definition) is 2. The van der Waals surface area contributed by atoms with Crippen molar-refractivity contribution in [3.05, 3.63) is 28.8 Å². The summed E-state index contributed by atoms with van der Waals surface area (Å²) < 4.78 is 0. The first-order valence-electron chi connectivity index (χ1n) is 6.36. The fraction of sp³-hybridized carbons (Fsp3) is 0.571. The number of nitrogens with zero attached hydrogens (tertiary/aromatic N) is 1. The predicted molar refractivity (Wildman–Crippen MR) is 74.9 cm³/mol. The second-order valence-electron chi connectivity index (χ2n) is 5.19. The number of halogens is 1. The van der Waals surface area contributed by atoms with Crippen molar-refractivity contribution in [2.24, 2.45) is 11.7 Å². The lowest BCUT2D eigenvalue weighted by molar-refractivity contribution is 0.602. The van der Waals surface area contributed by atoms with Crippen LogP contribution in [0.15, 0.2) is 18.2 Å². The maximum atomic E-state index is 6.12. The fourth-order valence-corrected chi connectivity index (χ4v) is 2.69. The van der Waals surface area contributed by atoms with E-state index >= 15 is 0 Å². The molecule has 0 unspecified atom stereocenters. The highest BCUT2D eigenvalue weighted by molar-refractivity contribution is 6.30. The molecule has 1 heterocycles. The first-order chi connectivity index (χ1) is 8.11. The van der Waals surface area contributed by atoms with Gasteiger partial charge in [-0.3, -0.25) is 0 Å². The Kier molecular flexibility index (Phi) is 3.95. The summed E-state index contributed by atoms with van der Waals surface area (Å²) in [5.41, 5.74) is 8.43. The van der Waals surface area contributed by atoms with E-state index < -0.39 is 0 Å². The molecule has 0 amide bonds. The van der Waals surface area contributed by atoms with Crippen molar-refractivity contribution in [2.75, 3.05) is 24.5 Å². The second kappa shape index (κ2) is 5.28. The summed E-state index contributed by atoms with van der Waals surface area (Å²) in [6.07, 6.45) is 1.19. The molecule has 1 atom stereocenters. The molecular formula is C14H21ClN2. The van der Waals surface area contributed by atoms with Gasteiger partial charge in [0.25, 0.3) is 0 Å². The zero-order valence-corrected chi connectivity index (χ0v) is 11.4. The summed E-state index contributed by atoms with van der Waals surface area (Å²) in [4.78, 5) is 2.43. The van der Waals surface area contributed by atoms with Gasteiger partial charge in [0.2, 0.25) is 0 Å². The molecule has 0 aliphatic carbocycles. The first-order valence-corrected chi connectivity index (χ1v) is 6.74. The number of benzene rings is 1. The molecule has 1 aliphatic rings. The van der Waals surface area contributed by atoms with Crippen LogP contribution in [-0.2, 0) is 0 Å². The van der Waals surface area contributed by atoms with Crippen molar-refractivity contribution in [3.8, 4) is 0 Å². The van der Waals surface area contributed by atoms with Crippen molar-refractivity contribution < 1.29 is 0 Å². The van der Waals surface area contributed by atoms with Gasteiger partial charge in [-0.15, -0.1) is 0 Å². The third-order valence-corrected chi connectivity index (χ3v) is 3.81. The average molecular weight is 253 g/mol. The molecule has 17 heavy (non-hydrogen) atoms. The van der Waals surface area contributed by atoms with Gasteiger partial charge in [0, 0.05) is 23.8 Å². The minimum Gasteiger partial charge on any atom is -0.371 e. The molecule has 0 bridgehead atoms. The van der Waals surface area contributed by atoms with E-state index in [0.717, 1.165) is 24.7 Å².